The number of rotatable bonds is 6. The molecule has 1 rings (SSSR count). The van der Waals surface area contributed by atoms with E-state index in [9.17, 15) is 9.59 Å². The van der Waals surface area contributed by atoms with Gasteiger partial charge in [0.15, 0.2) is 0 Å². The molecule has 0 saturated carbocycles. The van der Waals surface area contributed by atoms with Crippen LogP contribution in [0.25, 0.3) is 0 Å². The summed E-state index contributed by atoms with van der Waals surface area (Å²) in [6, 6.07) is 0. The molecule has 1 aromatic heterocycles. The lowest BCUT2D eigenvalue weighted by atomic mass is 10.4. The summed E-state index contributed by atoms with van der Waals surface area (Å²) in [5, 5.41) is 5.16. The third-order valence-corrected chi connectivity index (χ3v) is 2.72. The van der Waals surface area contributed by atoms with Crippen molar-refractivity contribution in [3.8, 4) is 0 Å². The van der Waals surface area contributed by atoms with Gasteiger partial charge in [0, 0.05) is 0 Å². The molecule has 0 aliphatic heterocycles. The van der Waals surface area contributed by atoms with Crippen molar-refractivity contribution in [2.24, 2.45) is 0 Å². The Labute approximate surface area is 108 Å². The van der Waals surface area contributed by atoms with E-state index < -0.39 is 17.2 Å². The van der Waals surface area contributed by atoms with Crippen LogP contribution in [0.5, 0.6) is 0 Å². The molecule has 0 aromatic carbocycles. The fourth-order valence-corrected chi connectivity index (χ4v) is 1.83. The second kappa shape index (κ2) is 6.84. The van der Waals surface area contributed by atoms with Crippen molar-refractivity contribution in [3.63, 3.8) is 0 Å². The van der Waals surface area contributed by atoms with Crippen LogP contribution in [0.15, 0.2) is 5.16 Å². The first-order valence-corrected chi connectivity index (χ1v) is 6.14. The molecule has 1 heterocycles. The van der Waals surface area contributed by atoms with Gasteiger partial charge in [-0.1, -0.05) is 11.8 Å². The van der Waals surface area contributed by atoms with Crippen LogP contribution in [-0.4, -0.2) is 45.6 Å². The van der Waals surface area contributed by atoms with Crippen molar-refractivity contribution < 1.29 is 19.1 Å². The zero-order valence-electron chi connectivity index (χ0n) is 10.0. The van der Waals surface area contributed by atoms with Gasteiger partial charge in [0.2, 0.25) is 16.4 Å². The molecule has 1 aromatic rings. The molecule has 8 nitrogen and oxygen atoms in total. The second-order valence-corrected chi connectivity index (χ2v) is 4.08. The molecule has 0 radical (unpaired) electrons. The average molecular weight is 274 g/mol. The monoisotopic (exact) mass is 274 g/mol. The number of nitrogens with zero attached hydrogens (tertiary/aromatic N) is 2. The fraction of sp³-hybridized carbons (Fsp3) is 0.556. The highest BCUT2D eigenvalue weighted by Gasteiger charge is 2.32. The SMILES string of the molecule is CCOC(=O)C(Sc1n[nH]c(N)n1)C(=O)OCC. The zero-order chi connectivity index (χ0) is 13.5. The molecule has 0 fully saturated rings. The van der Waals surface area contributed by atoms with Crippen molar-refractivity contribution >= 4 is 29.6 Å². The van der Waals surface area contributed by atoms with Gasteiger partial charge in [-0.15, -0.1) is 5.10 Å². The molecule has 0 bridgehead atoms. The second-order valence-electron chi connectivity index (χ2n) is 3.01. The smallest absolute Gasteiger partial charge is 0.331 e. The number of hydrogen-bond donors (Lipinski definition) is 2. The Morgan fingerprint density at radius 3 is 2.28 bits per heavy atom. The van der Waals surface area contributed by atoms with Crippen LogP contribution in [-0.2, 0) is 19.1 Å². The van der Waals surface area contributed by atoms with E-state index in [1.165, 1.54) is 0 Å². The summed E-state index contributed by atoms with van der Waals surface area (Å²) < 4.78 is 9.59. The van der Waals surface area contributed by atoms with E-state index in [2.05, 4.69) is 15.2 Å². The van der Waals surface area contributed by atoms with E-state index in [0.717, 1.165) is 11.8 Å². The van der Waals surface area contributed by atoms with Crippen LogP contribution in [0.4, 0.5) is 5.95 Å². The lowest BCUT2D eigenvalue weighted by Gasteiger charge is -2.11. The Hall–Kier alpha value is -1.77. The number of aromatic amines is 1. The van der Waals surface area contributed by atoms with E-state index in [1.807, 2.05) is 0 Å². The Morgan fingerprint density at radius 2 is 1.89 bits per heavy atom. The number of carbonyl (C=O) groups is 2. The lowest BCUT2D eigenvalue weighted by Crippen LogP contribution is -2.31. The van der Waals surface area contributed by atoms with E-state index in [4.69, 9.17) is 15.2 Å². The molecule has 0 atom stereocenters. The Kier molecular flexibility index (Phi) is 5.43. The third kappa shape index (κ3) is 3.91. The molecule has 0 saturated heterocycles. The first-order valence-electron chi connectivity index (χ1n) is 5.26. The predicted molar refractivity (Wildman–Crippen MR) is 63.7 cm³/mol. The average Bonchev–Trinajstić information content (AvgIpc) is 2.72. The Morgan fingerprint density at radius 1 is 1.33 bits per heavy atom. The quantitative estimate of drug-likeness (QED) is 0.421. The highest BCUT2D eigenvalue weighted by atomic mass is 32.2. The molecule has 100 valence electrons. The summed E-state index contributed by atoms with van der Waals surface area (Å²) in [5.41, 5.74) is 5.35. The van der Waals surface area contributed by atoms with Gasteiger partial charge in [-0.05, 0) is 13.8 Å². The maximum atomic E-state index is 11.6. The number of nitrogens with one attached hydrogen (secondary N) is 1. The summed E-state index contributed by atoms with van der Waals surface area (Å²) in [4.78, 5) is 27.1. The summed E-state index contributed by atoms with van der Waals surface area (Å²) >= 11 is 0.823. The molecule has 0 spiro atoms. The minimum Gasteiger partial charge on any atom is -0.465 e. The maximum absolute atomic E-state index is 11.6. The summed E-state index contributed by atoms with van der Waals surface area (Å²) in [7, 11) is 0. The van der Waals surface area contributed by atoms with Gasteiger partial charge in [0.1, 0.15) is 0 Å². The number of H-pyrrole nitrogens is 1. The number of nitrogens with two attached hydrogens (primary N) is 1. The molecule has 0 aliphatic carbocycles. The number of anilines is 1. The van der Waals surface area contributed by atoms with Crippen LogP contribution < -0.4 is 5.73 Å². The first kappa shape index (κ1) is 14.3. The predicted octanol–water partition coefficient (Wildman–Crippen LogP) is -0.0262. The van der Waals surface area contributed by atoms with Gasteiger partial charge in [0.05, 0.1) is 13.2 Å². The third-order valence-electron chi connectivity index (χ3n) is 1.71. The van der Waals surface area contributed by atoms with Gasteiger partial charge in [-0.3, -0.25) is 9.59 Å². The van der Waals surface area contributed by atoms with E-state index in [1.54, 1.807) is 13.8 Å². The van der Waals surface area contributed by atoms with Crippen molar-refractivity contribution in [1.82, 2.24) is 15.2 Å². The number of esters is 2. The van der Waals surface area contributed by atoms with Gasteiger partial charge in [-0.2, -0.15) is 4.98 Å². The van der Waals surface area contributed by atoms with Crippen molar-refractivity contribution in [1.29, 1.82) is 0 Å². The fourth-order valence-electron chi connectivity index (χ4n) is 1.04. The van der Waals surface area contributed by atoms with Crippen LogP contribution in [0.1, 0.15) is 13.8 Å². The van der Waals surface area contributed by atoms with Crippen molar-refractivity contribution in [2.45, 2.75) is 24.3 Å². The summed E-state index contributed by atoms with van der Waals surface area (Å²) in [6.45, 7) is 3.64. The van der Waals surface area contributed by atoms with Crippen molar-refractivity contribution in [3.05, 3.63) is 0 Å². The highest BCUT2D eigenvalue weighted by molar-refractivity contribution is 8.01. The summed E-state index contributed by atoms with van der Waals surface area (Å²) in [5.74, 6) is -1.28. The molecule has 0 amide bonds. The molecule has 0 unspecified atom stereocenters. The molecule has 0 aliphatic rings. The minimum atomic E-state index is -1.15. The number of ether oxygens (including phenoxy) is 2. The summed E-state index contributed by atoms with van der Waals surface area (Å²) in [6.07, 6.45) is 0. The van der Waals surface area contributed by atoms with Crippen molar-refractivity contribution in [2.75, 3.05) is 18.9 Å². The van der Waals surface area contributed by atoms with E-state index in [-0.39, 0.29) is 24.3 Å². The number of thioether (sulfide) groups is 1. The normalized spacial score (nSPS) is 10.4. The molecular formula is C9H14N4O4S. The standard InChI is InChI=1S/C9H14N4O4S/c1-3-16-6(14)5(7(15)17-4-2)18-9-11-8(10)12-13-9/h5H,3-4H2,1-2H3,(H3,10,11,12,13). The minimum absolute atomic E-state index is 0.101. The van der Waals surface area contributed by atoms with Crippen LogP contribution in [0, 0.1) is 0 Å². The lowest BCUT2D eigenvalue weighted by molar-refractivity contribution is -0.152. The molecule has 18 heavy (non-hydrogen) atoms. The van der Waals surface area contributed by atoms with Crippen LogP contribution in [0.3, 0.4) is 0 Å². The number of nitrogen functional groups attached to an aromatic ring is 1. The molecule has 9 heteroatoms. The number of hydrogen-bond acceptors (Lipinski definition) is 8. The zero-order valence-corrected chi connectivity index (χ0v) is 10.8. The molecule has 3 N–H and O–H groups in total. The largest absolute Gasteiger partial charge is 0.465 e. The first-order chi connectivity index (χ1) is 8.58. The number of aromatic nitrogens is 3. The van der Waals surface area contributed by atoms with Crippen LogP contribution in [0.2, 0.25) is 0 Å². The van der Waals surface area contributed by atoms with E-state index in [0.29, 0.717) is 0 Å². The van der Waals surface area contributed by atoms with Crippen LogP contribution >= 0.6 is 11.8 Å². The topological polar surface area (TPSA) is 120 Å². The van der Waals surface area contributed by atoms with Gasteiger partial charge >= 0.3 is 11.9 Å². The Bertz CT molecular complexity index is 404. The van der Waals surface area contributed by atoms with E-state index >= 15 is 0 Å². The van der Waals surface area contributed by atoms with Gasteiger partial charge in [0.25, 0.3) is 0 Å². The van der Waals surface area contributed by atoms with Gasteiger partial charge < -0.3 is 15.2 Å². The Balaban J connectivity index is 2.76. The highest BCUT2D eigenvalue weighted by Crippen LogP contribution is 2.22. The number of carbonyl (C=O) groups excluding carboxylic acids is 2. The van der Waals surface area contributed by atoms with Gasteiger partial charge in [-0.25, -0.2) is 5.10 Å². The molecular weight excluding hydrogens is 260 g/mol. The maximum Gasteiger partial charge on any atom is 0.331 e.